The van der Waals surface area contributed by atoms with Gasteiger partial charge in [-0.15, -0.1) is 0 Å². The Labute approximate surface area is 229 Å². The molecular formula is C34H56O3. The predicted octanol–water partition coefficient (Wildman–Crippen LogP) is 11.0. The molecule has 4 aromatic rings. The number of hydrogen-bond donors (Lipinski definition) is 2. The van der Waals surface area contributed by atoms with Crippen LogP contribution in [0.4, 0.5) is 0 Å². The van der Waals surface area contributed by atoms with Gasteiger partial charge < -0.3 is 14.9 Å². The third-order valence-corrected chi connectivity index (χ3v) is 4.35. The molecule has 3 heteroatoms. The molecule has 0 aliphatic heterocycles. The Balaban J connectivity index is -0.000000409. The molecule has 0 saturated carbocycles. The van der Waals surface area contributed by atoms with E-state index in [1.54, 1.807) is 0 Å². The van der Waals surface area contributed by atoms with E-state index in [2.05, 4.69) is 20.8 Å². The highest BCUT2D eigenvalue weighted by molar-refractivity contribution is 5.86. The highest BCUT2D eigenvalue weighted by Gasteiger charge is 2.03. The van der Waals surface area contributed by atoms with Crippen LogP contribution in [-0.2, 0) is 13.2 Å². The molecule has 2 N–H and O–H groups in total. The van der Waals surface area contributed by atoms with Gasteiger partial charge in [0.2, 0.25) is 0 Å². The first kappa shape index (κ1) is 41.3. The smallest absolute Gasteiger partial charge is 0.128 e. The first-order chi connectivity index (χ1) is 16.0. The molecule has 0 aliphatic rings. The van der Waals surface area contributed by atoms with E-state index in [4.69, 9.17) is 4.74 Å². The van der Waals surface area contributed by atoms with Gasteiger partial charge in [0.1, 0.15) is 11.5 Å². The molecule has 0 amide bonds. The van der Waals surface area contributed by atoms with Crippen molar-refractivity contribution in [3.63, 3.8) is 0 Å². The normalized spacial score (nSPS) is 8.81. The minimum Gasteiger partial charge on any atom is -0.457 e. The molecule has 0 radical (unpaired) electrons. The lowest BCUT2D eigenvalue weighted by atomic mass is 10.1. The second-order valence-electron chi connectivity index (χ2n) is 7.84. The lowest BCUT2D eigenvalue weighted by molar-refractivity contribution is 0.282. The SMILES string of the molecule is C.C.C.C.CC.CC.CC(C)C.OCc1ccc2cc(Oc3ccc4cc(CO)ccc4c3)ccc2c1. The average Bonchev–Trinajstić information content (AvgIpc) is 2.85. The third-order valence-electron chi connectivity index (χ3n) is 4.35. The molecule has 4 aromatic carbocycles. The van der Waals surface area contributed by atoms with Crippen LogP contribution in [0.2, 0.25) is 0 Å². The molecular weight excluding hydrogens is 456 g/mol. The summed E-state index contributed by atoms with van der Waals surface area (Å²) in [6, 6.07) is 23.6. The number of rotatable bonds is 4. The molecule has 0 aliphatic carbocycles. The second-order valence-corrected chi connectivity index (χ2v) is 7.84. The topological polar surface area (TPSA) is 49.7 Å². The van der Waals surface area contributed by atoms with Crippen LogP contribution >= 0.6 is 0 Å². The average molecular weight is 513 g/mol. The summed E-state index contributed by atoms with van der Waals surface area (Å²) in [5, 5.41) is 22.8. The number of hydrogen-bond acceptors (Lipinski definition) is 3. The summed E-state index contributed by atoms with van der Waals surface area (Å²) in [5.41, 5.74) is 1.80. The lowest BCUT2D eigenvalue weighted by Gasteiger charge is -2.09. The first-order valence-corrected chi connectivity index (χ1v) is 11.9. The van der Waals surface area contributed by atoms with Gasteiger partial charge in [-0.25, -0.2) is 0 Å². The van der Waals surface area contributed by atoms with Gasteiger partial charge in [0.05, 0.1) is 13.2 Å². The van der Waals surface area contributed by atoms with Crippen molar-refractivity contribution in [1.82, 2.24) is 0 Å². The molecule has 0 aromatic heterocycles. The van der Waals surface area contributed by atoms with Crippen LogP contribution in [0, 0.1) is 5.92 Å². The van der Waals surface area contributed by atoms with Crippen molar-refractivity contribution >= 4 is 21.5 Å². The summed E-state index contributed by atoms with van der Waals surface area (Å²) in [5.74, 6) is 2.38. The lowest BCUT2D eigenvalue weighted by Crippen LogP contribution is -1.87. The molecule has 0 saturated heterocycles. The van der Waals surface area contributed by atoms with Crippen molar-refractivity contribution in [2.45, 2.75) is 91.4 Å². The molecule has 0 fully saturated rings. The predicted molar refractivity (Wildman–Crippen MR) is 170 cm³/mol. The molecule has 0 heterocycles. The van der Waals surface area contributed by atoms with E-state index in [0.29, 0.717) is 0 Å². The third kappa shape index (κ3) is 13.3. The van der Waals surface area contributed by atoms with E-state index < -0.39 is 0 Å². The van der Waals surface area contributed by atoms with E-state index >= 15 is 0 Å². The van der Waals surface area contributed by atoms with E-state index in [0.717, 1.165) is 50.1 Å². The Morgan fingerprint density at radius 2 is 0.784 bits per heavy atom. The summed E-state index contributed by atoms with van der Waals surface area (Å²) in [4.78, 5) is 0. The van der Waals surface area contributed by atoms with Gasteiger partial charge >= 0.3 is 0 Å². The molecule has 37 heavy (non-hydrogen) atoms. The van der Waals surface area contributed by atoms with E-state index in [9.17, 15) is 10.2 Å². The van der Waals surface area contributed by atoms with Gasteiger partial charge in [-0.1, -0.05) is 115 Å². The van der Waals surface area contributed by atoms with Gasteiger partial charge in [-0.2, -0.15) is 0 Å². The molecule has 0 atom stereocenters. The van der Waals surface area contributed by atoms with Gasteiger partial charge in [-0.05, 0) is 75.0 Å². The number of aliphatic hydroxyl groups excluding tert-OH is 2. The fourth-order valence-corrected chi connectivity index (χ4v) is 3.01. The fraction of sp³-hybridized carbons (Fsp3) is 0.412. The van der Waals surface area contributed by atoms with E-state index in [1.807, 2.05) is 100 Å². The number of benzene rings is 4. The van der Waals surface area contributed by atoms with Crippen LogP contribution in [0.3, 0.4) is 0 Å². The van der Waals surface area contributed by atoms with Crippen LogP contribution in [0.1, 0.15) is 89.3 Å². The summed E-state index contributed by atoms with van der Waals surface area (Å²) < 4.78 is 6.01. The fourth-order valence-electron chi connectivity index (χ4n) is 3.01. The van der Waals surface area contributed by atoms with Crippen LogP contribution < -0.4 is 4.74 Å². The van der Waals surface area contributed by atoms with Crippen molar-refractivity contribution in [2.75, 3.05) is 0 Å². The first-order valence-electron chi connectivity index (χ1n) is 11.9. The molecule has 0 unspecified atom stereocenters. The number of fused-ring (bicyclic) bond motifs is 2. The highest BCUT2D eigenvalue weighted by atomic mass is 16.5. The maximum atomic E-state index is 9.23. The van der Waals surface area contributed by atoms with Crippen LogP contribution in [0.5, 0.6) is 11.5 Å². The minimum atomic E-state index is 0. The van der Waals surface area contributed by atoms with Crippen LogP contribution in [0.25, 0.3) is 21.5 Å². The van der Waals surface area contributed by atoms with E-state index in [-0.39, 0.29) is 42.9 Å². The summed E-state index contributed by atoms with van der Waals surface area (Å²) >= 11 is 0. The maximum absolute atomic E-state index is 9.23. The number of aliphatic hydroxyl groups is 2. The maximum Gasteiger partial charge on any atom is 0.128 e. The Hall–Kier alpha value is -2.88. The van der Waals surface area contributed by atoms with Crippen molar-refractivity contribution in [3.05, 3.63) is 83.9 Å². The highest BCUT2D eigenvalue weighted by Crippen LogP contribution is 2.29. The molecule has 4 rings (SSSR count). The van der Waals surface area contributed by atoms with Crippen molar-refractivity contribution in [1.29, 1.82) is 0 Å². The van der Waals surface area contributed by atoms with Crippen LogP contribution in [0.15, 0.2) is 72.8 Å². The standard InChI is InChI=1S/C22H18O3.C4H10.2C2H6.4CH4/c23-13-15-1-3-19-11-21(7-5-17(19)9-15)25-22-8-6-18-10-16(14-24)2-4-20(18)12-22;1-4(2)3;2*1-2;;;;/h1-12,23-24H,13-14H2;4H,1-3H3;2*1-2H3;4*1H4. The molecule has 0 spiro atoms. The van der Waals surface area contributed by atoms with Crippen molar-refractivity contribution < 1.29 is 14.9 Å². The van der Waals surface area contributed by atoms with Crippen LogP contribution in [-0.4, -0.2) is 10.2 Å². The van der Waals surface area contributed by atoms with Crippen molar-refractivity contribution in [2.24, 2.45) is 5.92 Å². The molecule has 210 valence electrons. The van der Waals surface area contributed by atoms with Gasteiger partial charge in [-0.3, -0.25) is 0 Å². The number of ether oxygens (including phenoxy) is 1. The largest absolute Gasteiger partial charge is 0.457 e. The zero-order valence-electron chi connectivity index (χ0n) is 21.2. The summed E-state index contributed by atoms with van der Waals surface area (Å²) in [6.45, 7) is 14.6. The Kier molecular flexibility index (Phi) is 24.9. The van der Waals surface area contributed by atoms with Gasteiger partial charge in [0.15, 0.2) is 0 Å². The zero-order chi connectivity index (χ0) is 24.8. The Morgan fingerprint density at radius 3 is 1.08 bits per heavy atom. The molecule has 3 nitrogen and oxygen atoms in total. The summed E-state index contributed by atoms with van der Waals surface area (Å²) in [6.07, 6.45) is 0. The minimum absolute atomic E-state index is 0. The van der Waals surface area contributed by atoms with Crippen molar-refractivity contribution in [3.8, 4) is 11.5 Å². The summed E-state index contributed by atoms with van der Waals surface area (Å²) in [7, 11) is 0. The van der Waals surface area contributed by atoms with Gasteiger partial charge in [0.25, 0.3) is 0 Å². The Bertz CT molecular complexity index is 1010. The van der Waals surface area contributed by atoms with E-state index in [1.165, 1.54) is 0 Å². The second kappa shape index (κ2) is 22.3. The van der Waals surface area contributed by atoms with Gasteiger partial charge in [0, 0.05) is 0 Å². The quantitative estimate of drug-likeness (QED) is 0.286. The molecule has 0 bridgehead atoms. The monoisotopic (exact) mass is 512 g/mol. The Morgan fingerprint density at radius 1 is 0.514 bits per heavy atom. The zero-order valence-corrected chi connectivity index (χ0v) is 21.2.